The summed E-state index contributed by atoms with van der Waals surface area (Å²) in [4.78, 5) is 15.4. The van der Waals surface area contributed by atoms with E-state index in [2.05, 4.69) is 10.3 Å². The summed E-state index contributed by atoms with van der Waals surface area (Å²) in [5.74, 6) is 0. The summed E-state index contributed by atoms with van der Waals surface area (Å²) < 4.78 is 1.27. The number of carbonyl (C=O) groups is 1. The lowest BCUT2D eigenvalue weighted by atomic mass is 10.1. The molecular formula is C12H7N5O. The van der Waals surface area contributed by atoms with Crippen molar-refractivity contribution in [1.82, 2.24) is 9.55 Å². The zero-order chi connectivity index (χ0) is 13.0. The Morgan fingerprint density at radius 1 is 1.28 bits per heavy atom. The van der Waals surface area contributed by atoms with Gasteiger partial charge in [0.25, 0.3) is 0 Å². The first kappa shape index (κ1) is 11.4. The Bertz CT molecular complexity index is 661. The van der Waals surface area contributed by atoms with Crippen LogP contribution >= 0.6 is 0 Å². The Kier molecular flexibility index (Phi) is 3.04. The van der Waals surface area contributed by atoms with E-state index in [1.807, 2.05) is 12.1 Å². The highest BCUT2D eigenvalue weighted by Gasteiger charge is 2.07. The SMILES string of the molecule is N#Cc1ccc(NC(=O)n2ccnc2)cc1C#N. The number of aromatic nitrogens is 2. The average molecular weight is 237 g/mol. The second-order valence-corrected chi connectivity index (χ2v) is 3.38. The first-order chi connectivity index (χ1) is 8.74. The number of rotatable bonds is 1. The second kappa shape index (κ2) is 4.81. The number of nitriles is 2. The summed E-state index contributed by atoms with van der Waals surface area (Å²) in [6.07, 6.45) is 4.35. The second-order valence-electron chi connectivity index (χ2n) is 3.38. The fourth-order valence-electron chi connectivity index (χ4n) is 1.38. The van der Waals surface area contributed by atoms with E-state index in [1.165, 1.54) is 35.4 Å². The van der Waals surface area contributed by atoms with Crippen molar-refractivity contribution < 1.29 is 4.79 Å². The van der Waals surface area contributed by atoms with Gasteiger partial charge in [-0.25, -0.2) is 9.78 Å². The van der Waals surface area contributed by atoms with E-state index in [4.69, 9.17) is 10.5 Å². The minimum Gasteiger partial charge on any atom is -0.307 e. The molecule has 0 aliphatic rings. The van der Waals surface area contributed by atoms with Crippen LogP contribution in [0.4, 0.5) is 10.5 Å². The molecule has 6 nitrogen and oxygen atoms in total. The van der Waals surface area contributed by atoms with Gasteiger partial charge in [0, 0.05) is 18.1 Å². The van der Waals surface area contributed by atoms with Gasteiger partial charge in [0.2, 0.25) is 0 Å². The predicted octanol–water partition coefficient (Wildman–Crippen LogP) is 1.71. The van der Waals surface area contributed by atoms with Gasteiger partial charge >= 0.3 is 6.03 Å². The van der Waals surface area contributed by atoms with Gasteiger partial charge in [0.15, 0.2) is 0 Å². The largest absolute Gasteiger partial charge is 0.331 e. The molecule has 0 aliphatic heterocycles. The maximum atomic E-state index is 11.7. The number of hydrogen-bond acceptors (Lipinski definition) is 4. The summed E-state index contributed by atoms with van der Waals surface area (Å²) >= 11 is 0. The number of nitrogens with one attached hydrogen (secondary N) is 1. The van der Waals surface area contributed by atoms with Crippen LogP contribution in [-0.4, -0.2) is 15.6 Å². The highest BCUT2D eigenvalue weighted by molar-refractivity contribution is 5.91. The van der Waals surface area contributed by atoms with E-state index in [9.17, 15) is 4.79 Å². The average Bonchev–Trinajstić information content (AvgIpc) is 2.92. The van der Waals surface area contributed by atoms with Gasteiger partial charge in [0.1, 0.15) is 18.5 Å². The topological polar surface area (TPSA) is 94.5 Å². The monoisotopic (exact) mass is 237 g/mol. The van der Waals surface area contributed by atoms with E-state index in [0.29, 0.717) is 5.69 Å². The van der Waals surface area contributed by atoms with Crippen molar-refractivity contribution in [3.05, 3.63) is 48.0 Å². The maximum Gasteiger partial charge on any atom is 0.331 e. The normalized spacial score (nSPS) is 9.22. The molecule has 1 aromatic carbocycles. The Hall–Kier alpha value is -3.12. The van der Waals surface area contributed by atoms with Gasteiger partial charge in [-0.15, -0.1) is 0 Å². The van der Waals surface area contributed by atoms with E-state index >= 15 is 0 Å². The smallest absolute Gasteiger partial charge is 0.307 e. The number of carbonyl (C=O) groups excluding carboxylic acids is 1. The summed E-state index contributed by atoms with van der Waals surface area (Å²) in [5.41, 5.74) is 0.948. The van der Waals surface area contributed by atoms with Crippen LogP contribution < -0.4 is 5.32 Å². The molecule has 0 unspecified atom stereocenters. The Labute approximate surface area is 103 Å². The fourth-order valence-corrected chi connectivity index (χ4v) is 1.38. The number of anilines is 1. The van der Waals surface area contributed by atoms with Gasteiger partial charge < -0.3 is 5.32 Å². The van der Waals surface area contributed by atoms with Crippen molar-refractivity contribution in [3.8, 4) is 12.1 Å². The number of amides is 1. The van der Waals surface area contributed by atoms with Crippen molar-refractivity contribution in [2.24, 2.45) is 0 Å². The van der Waals surface area contributed by atoms with Crippen LogP contribution in [0.15, 0.2) is 36.9 Å². The van der Waals surface area contributed by atoms with Crippen molar-refractivity contribution >= 4 is 11.7 Å². The summed E-state index contributed by atoms with van der Waals surface area (Å²) in [6.45, 7) is 0. The molecule has 0 spiro atoms. The zero-order valence-corrected chi connectivity index (χ0v) is 9.16. The standard InChI is InChI=1S/C12H7N5O/c13-6-9-1-2-11(5-10(9)7-14)16-12(18)17-4-3-15-8-17/h1-5,8H,(H,16,18). The van der Waals surface area contributed by atoms with Gasteiger partial charge in [-0.05, 0) is 18.2 Å². The first-order valence-electron chi connectivity index (χ1n) is 4.98. The van der Waals surface area contributed by atoms with Gasteiger partial charge in [-0.3, -0.25) is 4.57 Å². The molecule has 0 aliphatic carbocycles. The molecule has 2 rings (SSSR count). The van der Waals surface area contributed by atoms with E-state index in [1.54, 1.807) is 6.07 Å². The van der Waals surface area contributed by atoms with E-state index < -0.39 is 0 Å². The highest BCUT2D eigenvalue weighted by atomic mass is 16.2. The molecule has 0 fully saturated rings. The minimum atomic E-state index is -0.388. The molecule has 0 radical (unpaired) electrons. The lowest BCUT2D eigenvalue weighted by molar-refractivity contribution is 0.253. The number of nitrogens with zero attached hydrogens (tertiary/aromatic N) is 4. The minimum absolute atomic E-state index is 0.223. The molecule has 6 heteroatoms. The lowest BCUT2D eigenvalue weighted by Gasteiger charge is -2.05. The van der Waals surface area contributed by atoms with Crippen LogP contribution in [0, 0.1) is 22.7 Å². The molecule has 0 saturated carbocycles. The van der Waals surface area contributed by atoms with Crippen LogP contribution in [0.3, 0.4) is 0 Å². The van der Waals surface area contributed by atoms with Crippen molar-refractivity contribution in [2.75, 3.05) is 5.32 Å². The van der Waals surface area contributed by atoms with E-state index in [-0.39, 0.29) is 17.2 Å². The fraction of sp³-hybridized carbons (Fsp3) is 0. The van der Waals surface area contributed by atoms with Gasteiger partial charge in [-0.1, -0.05) is 0 Å². The molecule has 1 aromatic heterocycles. The molecule has 1 amide bonds. The Morgan fingerprint density at radius 2 is 2.06 bits per heavy atom. The van der Waals surface area contributed by atoms with Crippen molar-refractivity contribution in [1.29, 1.82) is 10.5 Å². The lowest BCUT2D eigenvalue weighted by Crippen LogP contribution is -2.17. The quantitative estimate of drug-likeness (QED) is 0.816. The summed E-state index contributed by atoms with van der Waals surface area (Å²) in [5, 5.41) is 20.2. The maximum absolute atomic E-state index is 11.7. The summed E-state index contributed by atoms with van der Waals surface area (Å²) in [6, 6.07) is 7.92. The van der Waals surface area contributed by atoms with Crippen LogP contribution in [0.1, 0.15) is 11.1 Å². The number of imidazole rings is 1. The van der Waals surface area contributed by atoms with Gasteiger partial charge in [0.05, 0.1) is 11.1 Å². The molecule has 0 bridgehead atoms. The Balaban J connectivity index is 2.24. The van der Waals surface area contributed by atoms with Crippen LogP contribution in [0.25, 0.3) is 0 Å². The van der Waals surface area contributed by atoms with Crippen LogP contribution in [-0.2, 0) is 0 Å². The van der Waals surface area contributed by atoms with Crippen LogP contribution in [0.2, 0.25) is 0 Å². The molecule has 1 N–H and O–H groups in total. The summed E-state index contributed by atoms with van der Waals surface area (Å²) in [7, 11) is 0. The van der Waals surface area contributed by atoms with Crippen molar-refractivity contribution in [2.45, 2.75) is 0 Å². The van der Waals surface area contributed by atoms with Crippen LogP contribution in [0.5, 0.6) is 0 Å². The molecule has 0 atom stereocenters. The molecule has 18 heavy (non-hydrogen) atoms. The number of benzene rings is 1. The Morgan fingerprint density at radius 3 is 2.67 bits per heavy atom. The predicted molar refractivity (Wildman–Crippen MR) is 62.5 cm³/mol. The molecule has 0 saturated heterocycles. The highest BCUT2D eigenvalue weighted by Crippen LogP contribution is 2.14. The molecule has 86 valence electrons. The molecular weight excluding hydrogens is 230 g/mol. The third-order valence-corrected chi connectivity index (χ3v) is 2.25. The van der Waals surface area contributed by atoms with Gasteiger partial charge in [-0.2, -0.15) is 10.5 Å². The third kappa shape index (κ3) is 2.18. The van der Waals surface area contributed by atoms with Crippen molar-refractivity contribution in [3.63, 3.8) is 0 Å². The first-order valence-corrected chi connectivity index (χ1v) is 4.98. The zero-order valence-electron chi connectivity index (χ0n) is 9.16. The third-order valence-electron chi connectivity index (χ3n) is 2.25. The molecule has 2 aromatic rings. The number of hydrogen-bond donors (Lipinski definition) is 1. The molecule has 1 heterocycles. The van der Waals surface area contributed by atoms with E-state index in [0.717, 1.165) is 0 Å².